The van der Waals surface area contributed by atoms with Gasteiger partial charge in [0.05, 0.1) is 6.61 Å². The van der Waals surface area contributed by atoms with Crippen LogP contribution in [0.4, 0.5) is 0 Å². The van der Waals surface area contributed by atoms with Crippen molar-refractivity contribution in [2.24, 2.45) is 0 Å². The monoisotopic (exact) mass is 257 g/mol. The minimum atomic E-state index is -0.270. The summed E-state index contributed by atoms with van der Waals surface area (Å²) >= 11 is 0. The lowest BCUT2D eigenvalue weighted by molar-refractivity contribution is 0.0364. The summed E-state index contributed by atoms with van der Waals surface area (Å²) in [6.07, 6.45) is 0. The van der Waals surface area contributed by atoms with Crippen molar-refractivity contribution in [3.05, 3.63) is 60.2 Å². The van der Waals surface area contributed by atoms with Gasteiger partial charge in [0.1, 0.15) is 11.5 Å². The van der Waals surface area contributed by atoms with E-state index in [0.717, 1.165) is 5.75 Å². The van der Waals surface area contributed by atoms with Crippen molar-refractivity contribution >= 4 is 5.91 Å². The zero-order chi connectivity index (χ0) is 13.5. The average molecular weight is 257 g/mol. The first-order valence-electron chi connectivity index (χ1n) is 6.04. The molecular formula is C15H15NO3. The van der Waals surface area contributed by atoms with Gasteiger partial charge in [0.2, 0.25) is 0 Å². The molecule has 4 heteroatoms. The summed E-state index contributed by atoms with van der Waals surface area (Å²) in [5, 5.41) is 0. The number of hydroxylamine groups is 1. The molecule has 1 amide bonds. The molecule has 0 aliphatic heterocycles. The van der Waals surface area contributed by atoms with Crippen LogP contribution in [0.15, 0.2) is 54.6 Å². The summed E-state index contributed by atoms with van der Waals surface area (Å²) in [4.78, 5) is 16.4. The molecule has 0 saturated heterocycles. The van der Waals surface area contributed by atoms with Crippen molar-refractivity contribution in [1.29, 1.82) is 0 Å². The topological polar surface area (TPSA) is 47.6 Å². The fraction of sp³-hybridized carbons (Fsp3) is 0.133. The molecule has 0 bridgehead atoms. The van der Waals surface area contributed by atoms with E-state index in [1.165, 1.54) is 0 Å². The van der Waals surface area contributed by atoms with Gasteiger partial charge in [-0.1, -0.05) is 18.2 Å². The third-order valence-electron chi connectivity index (χ3n) is 2.40. The van der Waals surface area contributed by atoms with Crippen LogP contribution in [0.3, 0.4) is 0 Å². The van der Waals surface area contributed by atoms with E-state index in [1.807, 2.05) is 30.3 Å². The Balaban J connectivity index is 2.00. The average Bonchev–Trinajstić information content (AvgIpc) is 2.46. The predicted molar refractivity (Wildman–Crippen MR) is 72.1 cm³/mol. The molecule has 4 nitrogen and oxygen atoms in total. The van der Waals surface area contributed by atoms with Gasteiger partial charge in [-0.05, 0) is 43.3 Å². The van der Waals surface area contributed by atoms with Crippen molar-refractivity contribution in [1.82, 2.24) is 5.48 Å². The van der Waals surface area contributed by atoms with E-state index in [2.05, 4.69) is 5.48 Å². The minimum Gasteiger partial charge on any atom is -0.457 e. The molecule has 2 aromatic rings. The third-order valence-corrected chi connectivity index (χ3v) is 2.40. The van der Waals surface area contributed by atoms with Crippen LogP contribution in [0.25, 0.3) is 0 Å². The van der Waals surface area contributed by atoms with E-state index in [1.54, 1.807) is 31.2 Å². The van der Waals surface area contributed by atoms with Crippen LogP contribution in [-0.2, 0) is 4.84 Å². The van der Waals surface area contributed by atoms with Crippen molar-refractivity contribution in [2.45, 2.75) is 6.92 Å². The Bertz CT molecular complexity index is 523. The van der Waals surface area contributed by atoms with Crippen LogP contribution >= 0.6 is 0 Å². The van der Waals surface area contributed by atoms with E-state index in [4.69, 9.17) is 9.57 Å². The molecule has 0 fully saturated rings. The van der Waals surface area contributed by atoms with Gasteiger partial charge >= 0.3 is 0 Å². The standard InChI is InChI=1S/C15H15NO3/c1-2-18-16-15(17)12-8-10-14(11-9-12)19-13-6-4-3-5-7-13/h3-11H,2H2,1H3,(H,16,17). The second-order valence-corrected chi connectivity index (χ2v) is 3.80. The van der Waals surface area contributed by atoms with Gasteiger partial charge in [-0.15, -0.1) is 0 Å². The van der Waals surface area contributed by atoms with E-state index < -0.39 is 0 Å². The maximum atomic E-state index is 11.6. The molecule has 2 rings (SSSR count). The molecule has 0 aliphatic carbocycles. The van der Waals surface area contributed by atoms with Crippen molar-refractivity contribution in [2.75, 3.05) is 6.61 Å². The summed E-state index contributed by atoms with van der Waals surface area (Å²) in [7, 11) is 0. The first kappa shape index (κ1) is 13.1. The maximum absolute atomic E-state index is 11.6. The summed E-state index contributed by atoms with van der Waals surface area (Å²) in [5.74, 6) is 1.17. The Morgan fingerprint density at radius 2 is 1.63 bits per heavy atom. The van der Waals surface area contributed by atoms with Gasteiger partial charge in [0, 0.05) is 5.56 Å². The molecule has 0 radical (unpaired) electrons. The number of ether oxygens (including phenoxy) is 1. The van der Waals surface area contributed by atoms with E-state index in [9.17, 15) is 4.79 Å². The van der Waals surface area contributed by atoms with Crippen LogP contribution in [0.5, 0.6) is 11.5 Å². The van der Waals surface area contributed by atoms with Gasteiger partial charge in [0.15, 0.2) is 0 Å². The lowest BCUT2D eigenvalue weighted by atomic mass is 10.2. The van der Waals surface area contributed by atoms with Crippen molar-refractivity contribution in [3.63, 3.8) is 0 Å². The summed E-state index contributed by atoms with van der Waals surface area (Å²) < 4.78 is 5.63. The van der Waals surface area contributed by atoms with Gasteiger partial charge < -0.3 is 4.74 Å². The molecule has 0 spiro atoms. The molecule has 2 aromatic carbocycles. The maximum Gasteiger partial charge on any atom is 0.274 e. The SMILES string of the molecule is CCONC(=O)c1ccc(Oc2ccccc2)cc1. The number of nitrogens with one attached hydrogen (secondary N) is 1. The fourth-order valence-corrected chi connectivity index (χ4v) is 1.50. The van der Waals surface area contributed by atoms with Crippen LogP contribution in [0.1, 0.15) is 17.3 Å². The molecule has 0 unspecified atom stereocenters. The number of amides is 1. The van der Waals surface area contributed by atoms with E-state index in [0.29, 0.717) is 17.9 Å². The predicted octanol–water partition coefficient (Wildman–Crippen LogP) is 3.16. The molecular weight excluding hydrogens is 242 g/mol. The molecule has 0 aromatic heterocycles. The molecule has 0 atom stereocenters. The summed E-state index contributed by atoms with van der Waals surface area (Å²) in [6, 6.07) is 16.3. The smallest absolute Gasteiger partial charge is 0.274 e. The molecule has 0 aliphatic rings. The Kier molecular flexibility index (Phi) is 4.53. The first-order chi connectivity index (χ1) is 9.29. The number of hydrogen-bond acceptors (Lipinski definition) is 3. The van der Waals surface area contributed by atoms with Crippen molar-refractivity contribution < 1.29 is 14.4 Å². The Labute approximate surface area is 111 Å². The highest BCUT2D eigenvalue weighted by Crippen LogP contribution is 2.20. The summed E-state index contributed by atoms with van der Waals surface area (Å²) in [6.45, 7) is 2.23. The number of rotatable bonds is 5. The lowest BCUT2D eigenvalue weighted by Gasteiger charge is -2.07. The van der Waals surface area contributed by atoms with Crippen LogP contribution in [-0.4, -0.2) is 12.5 Å². The molecule has 0 heterocycles. The van der Waals surface area contributed by atoms with Crippen LogP contribution in [0.2, 0.25) is 0 Å². The van der Waals surface area contributed by atoms with Crippen molar-refractivity contribution in [3.8, 4) is 11.5 Å². The Morgan fingerprint density at radius 1 is 1.00 bits per heavy atom. The molecule has 19 heavy (non-hydrogen) atoms. The number of carbonyl (C=O) groups is 1. The van der Waals surface area contributed by atoms with E-state index in [-0.39, 0.29) is 5.91 Å². The number of carbonyl (C=O) groups excluding carboxylic acids is 1. The normalized spacial score (nSPS) is 9.95. The summed E-state index contributed by atoms with van der Waals surface area (Å²) in [5.41, 5.74) is 2.86. The Hall–Kier alpha value is -2.33. The van der Waals surface area contributed by atoms with Gasteiger partial charge in [-0.3, -0.25) is 9.63 Å². The zero-order valence-corrected chi connectivity index (χ0v) is 10.6. The van der Waals surface area contributed by atoms with Gasteiger partial charge in [-0.25, -0.2) is 5.48 Å². The third kappa shape index (κ3) is 3.82. The van der Waals surface area contributed by atoms with Gasteiger partial charge in [0.25, 0.3) is 5.91 Å². The van der Waals surface area contributed by atoms with Crippen LogP contribution < -0.4 is 10.2 Å². The lowest BCUT2D eigenvalue weighted by Crippen LogP contribution is -2.23. The molecule has 0 saturated carbocycles. The highest BCUT2D eigenvalue weighted by molar-refractivity contribution is 5.93. The number of benzene rings is 2. The second-order valence-electron chi connectivity index (χ2n) is 3.80. The largest absolute Gasteiger partial charge is 0.457 e. The van der Waals surface area contributed by atoms with E-state index >= 15 is 0 Å². The second kappa shape index (κ2) is 6.56. The Morgan fingerprint density at radius 3 is 2.26 bits per heavy atom. The quantitative estimate of drug-likeness (QED) is 0.837. The molecule has 98 valence electrons. The highest BCUT2D eigenvalue weighted by atomic mass is 16.6. The minimum absolute atomic E-state index is 0.270. The fourth-order valence-electron chi connectivity index (χ4n) is 1.50. The zero-order valence-electron chi connectivity index (χ0n) is 10.6. The highest BCUT2D eigenvalue weighted by Gasteiger charge is 2.05. The van der Waals surface area contributed by atoms with Gasteiger partial charge in [-0.2, -0.15) is 0 Å². The number of hydrogen-bond donors (Lipinski definition) is 1. The first-order valence-corrected chi connectivity index (χ1v) is 6.04. The number of para-hydroxylation sites is 1. The molecule has 1 N–H and O–H groups in total. The van der Waals surface area contributed by atoms with Crippen LogP contribution in [0, 0.1) is 0 Å².